The average molecular weight is 153 g/mol. The van der Waals surface area contributed by atoms with Crippen LogP contribution in [0.4, 0.5) is 0 Å². The fourth-order valence-electron chi connectivity index (χ4n) is 1.85. The fourth-order valence-corrected chi connectivity index (χ4v) is 1.85. The van der Waals surface area contributed by atoms with Crippen LogP contribution in [0.1, 0.15) is 39.5 Å². The number of hydrogen-bond donors (Lipinski definition) is 1. The largest absolute Gasteiger partial charge is 0.313 e. The molecule has 0 heterocycles. The molecule has 0 aromatic carbocycles. The maximum Gasteiger partial charge on any atom is 0.00723 e. The lowest BCUT2D eigenvalue weighted by Gasteiger charge is -2.34. The minimum Gasteiger partial charge on any atom is -0.313 e. The molecule has 11 heavy (non-hydrogen) atoms. The summed E-state index contributed by atoms with van der Waals surface area (Å²) in [5.41, 5.74) is 0.693. The van der Waals surface area contributed by atoms with Gasteiger partial charge in [0, 0.05) is 12.6 Å². The molecular weight excluding hydrogens is 134 g/mol. The van der Waals surface area contributed by atoms with Crippen LogP contribution in [0.5, 0.6) is 0 Å². The van der Waals surface area contributed by atoms with Gasteiger partial charge in [0.25, 0.3) is 0 Å². The SMILES string of the molecule is CC1CC(NCC2(C)CC2)C1. The lowest BCUT2D eigenvalue weighted by atomic mass is 9.81. The molecule has 0 radical (unpaired) electrons. The van der Waals surface area contributed by atoms with Crippen molar-refractivity contribution in [1.82, 2.24) is 5.32 Å². The highest BCUT2D eigenvalue weighted by Gasteiger charge is 2.38. The second-order valence-electron chi connectivity index (χ2n) is 4.97. The van der Waals surface area contributed by atoms with E-state index in [0.717, 1.165) is 12.0 Å². The van der Waals surface area contributed by atoms with Gasteiger partial charge in [-0.25, -0.2) is 0 Å². The highest BCUT2D eigenvalue weighted by Crippen LogP contribution is 2.44. The molecule has 0 spiro atoms. The van der Waals surface area contributed by atoms with E-state index < -0.39 is 0 Å². The van der Waals surface area contributed by atoms with Crippen LogP contribution in [0, 0.1) is 11.3 Å². The third-order valence-electron chi connectivity index (χ3n) is 3.29. The van der Waals surface area contributed by atoms with Gasteiger partial charge < -0.3 is 5.32 Å². The lowest BCUT2D eigenvalue weighted by Crippen LogP contribution is -2.42. The molecule has 1 nitrogen and oxygen atoms in total. The quantitative estimate of drug-likeness (QED) is 0.655. The molecular formula is C10H19N. The minimum atomic E-state index is 0.693. The smallest absolute Gasteiger partial charge is 0.00723 e. The molecule has 2 fully saturated rings. The summed E-state index contributed by atoms with van der Waals surface area (Å²) in [5.74, 6) is 0.986. The molecule has 2 saturated carbocycles. The number of nitrogens with one attached hydrogen (secondary N) is 1. The van der Waals surface area contributed by atoms with Crippen molar-refractivity contribution in [3.05, 3.63) is 0 Å². The van der Waals surface area contributed by atoms with Gasteiger partial charge in [-0.3, -0.25) is 0 Å². The van der Waals surface area contributed by atoms with E-state index >= 15 is 0 Å². The Bertz CT molecular complexity index is 143. The zero-order valence-electron chi connectivity index (χ0n) is 7.69. The Kier molecular flexibility index (Phi) is 1.71. The van der Waals surface area contributed by atoms with Crippen molar-refractivity contribution in [2.24, 2.45) is 11.3 Å². The second-order valence-corrected chi connectivity index (χ2v) is 4.97. The van der Waals surface area contributed by atoms with Gasteiger partial charge in [0.15, 0.2) is 0 Å². The first-order valence-electron chi connectivity index (χ1n) is 4.91. The first-order chi connectivity index (χ1) is 5.18. The van der Waals surface area contributed by atoms with E-state index in [-0.39, 0.29) is 0 Å². The Labute approximate surface area is 69.6 Å². The molecule has 2 rings (SSSR count). The predicted molar refractivity (Wildman–Crippen MR) is 47.5 cm³/mol. The van der Waals surface area contributed by atoms with Gasteiger partial charge in [0.2, 0.25) is 0 Å². The van der Waals surface area contributed by atoms with Crippen LogP contribution in [-0.4, -0.2) is 12.6 Å². The van der Waals surface area contributed by atoms with Crippen molar-refractivity contribution < 1.29 is 0 Å². The molecule has 1 N–H and O–H groups in total. The molecule has 0 atom stereocenters. The van der Waals surface area contributed by atoms with Gasteiger partial charge in [-0.15, -0.1) is 0 Å². The topological polar surface area (TPSA) is 12.0 Å². The van der Waals surface area contributed by atoms with E-state index in [9.17, 15) is 0 Å². The first kappa shape index (κ1) is 7.60. The third-order valence-corrected chi connectivity index (χ3v) is 3.29. The monoisotopic (exact) mass is 153 g/mol. The van der Waals surface area contributed by atoms with E-state index in [4.69, 9.17) is 0 Å². The van der Waals surface area contributed by atoms with Crippen LogP contribution in [0.3, 0.4) is 0 Å². The van der Waals surface area contributed by atoms with Crippen molar-refractivity contribution in [2.45, 2.75) is 45.6 Å². The van der Waals surface area contributed by atoms with Crippen molar-refractivity contribution in [3.8, 4) is 0 Å². The molecule has 0 bridgehead atoms. The molecule has 0 amide bonds. The first-order valence-corrected chi connectivity index (χ1v) is 4.91. The summed E-state index contributed by atoms with van der Waals surface area (Å²) in [6, 6.07) is 0.863. The van der Waals surface area contributed by atoms with Crippen molar-refractivity contribution in [3.63, 3.8) is 0 Å². The lowest BCUT2D eigenvalue weighted by molar-refractivity contribution is 0.231. The fraction of sp³-hybridized carbons (Fsp3) is 1.00. The Morgan fingerprint density at radius 3 is 2.45 bits per heavy atom. The molecule has 0 unspecified atom stereocenters. The molecule has 0 saturated heterocycles. The highest BCUT2D eigenvalue weighted by atomic mass is 14.9. The summed E-state index contributed by atoms with van der Waals surface area (Å²) < 4.78 is 0. The van der Waals surface area contributed by atoms with Crippen LogP contribution < -0.4 is 5.32 Å². The predicted octanol–water partition coefficient (Wildman–Crippen LogP) is 2.17. The van der Waals surface area contributed by atoms with Crippen molar-refractivity contribution in [2.75, 3.05) is 6.54 Å². The van der Waals surface area contributed by atoms with Crippen LogP contribution in [-0.2, 0) is 0 Å². The van der Waals surface area contributed by atoms with Gasteiger partial charge in [0.05, 0.1) is 0 Å². The third kappa shape index (κ3) is 1.76. The average Bonchev–Trinajstić information content (AvgIpc) is 2.59. The Morgan fingerprint density at radius 1 is 1.36 bits per heavy atom. The van der Waals surface area contributed by atoms with E-state index in [1.807, 2.05) is 0 Å². The molecule has 0 aromatic rings. The highest BCUT2D eigenvalue weighted by molar-refractivity contribution is 4.93. The van der Waals surface area contributed by atoms with Crippen LogP contribution in [0.2, 0.25) is 0 Å². The van der Waals surface area contributed by atoms with Gasteiger partial charge >= 0.3 is 0 Å². The van der Waals surface area contributed by atoms with Gasteiger partial charge in [0.1, 0.15) is 0 Å². The summed E-state index contributed by atoms with van der Waals surface area (Å²) in [5, 5.41) is 3.65. The number of hydrogen-bond acceptors (Lipinski definition) is 1. The zero-order chi connectivity index (χ0) is 7.90. The molecule has 0 aliphatic heterocycles. The Morgan fingerprint density at radius 2 is 2.00 bits per heavy atom. The summed E-state index contributed by atoms with van der Waals surface area (Å²) >= 11 is 0. The van der Waals surface area contributed by atoms with E-state index in [0.29, 0.717) is 5.41 Å². The minimum absolute atomic E-state index is 0.693. The van der Waals surface area contributed by atoms with Crippen LogP contribution in [0.25, 0.3) is 0 Å². The summed E-state index contributed by atoms with van der Waals surface area (Å²) in [6.07, 6.45) is 5.72. The molecule has 2 aliphatic rings. The van der Waals surface area contributed by atoms with Gasteiger partial charge in [-0.05, 0) is 37.0 Å². The summed E-state index contributed by atoms with van der Waals surface area (Å²) in [6.45, 7) is 6.00. The molecule has 1 heteroatoms. The maximum absolute atomic E-state index is 3.65. The summed E-state index contributed by atoms with van der Waals surface area (Å²) in [7, 11) is 0. The van der Waals surface area contributed by atoms with Gasteiger partial charge in [-0.2, -0.15) is 0 Å². The van der Waals surface area contributed by atoms with Gasteiger partial charge in [-0.1, -0.05) is 13.8 Å². The normalized spacial score (nSPS) is 39.8. The van der Waals surface area contributed by atoms with E-state index in [1.54, 1.807) is 0 Å². The molecule has 2 aliphatic carbocycles. The van der Waals surface area contributed by atoms with Crippen LogP contribution in [0.15, 0.2) is 0 Å². The molecule has 64 valence electrons. The van der Waals surface area contributed by atoms with Crippen molar-refractivity contribution in [1.29, 1.82) is 0 Å². The van der Waals surface area contributed by atoms with Crippen LogP contribution >= 0.6 is 0 Å². The second kappa shape index (κ2) is 2.48. The Hall–Kier alpha value is -0.0400. The molecule has 0 aromatic heterocycles. The number of rotatable bonds is 3. The zero-order valence-corrected chi connectivity index (χ0v) is 7.69. The van der Waals surface area contributed by atoms with Crippen molar-refractivity contribution >= 4 is 0 Å². The van der Waals surface area contributed by atoms with E-state index in [2.05, 4.69) is 19.2 Å². The standard InChI is InChI=1S/C10H19N/c1-8-5-9(6-8)11-7-10(2)3-4-10/h8-9,11H,3-7H2,1-2H3. The maximum atomic E-state index is 3.65. The summed E-state index contributed by atoms with van der Waals surface area (Å²) in [4.78, 5) is 0. The van der Waals surface area contributed by atoms with E-state index in [1.165, 1.54) is 32.2 Å². The Balaban J connectivity index is 1.61.